The van der Waals surface area contributed by atoms with Gasteiger partial charge in [0.15, 0.2) is 11.6 Å². The van der Waals surface area contributed by atoms with Gasteiger partial charge in [-0.25, -0.2) is 4.39 Å². The van der Waals surface area contributed by atoms with E-state index < -0.39 is 5.82 Å². The molecule has 7 heteroatoms. The normalized spacial score (nSPS) is 16.7. The van der Waals surface area contributed by atoms with Gasteiger partial charge in [0.2, 0.25) is 0 Å². The van der Waals surface area contributed by atoms with Crippen LogP contribution < -0.4 is 5.32 Å². The molecule has 0 radical (unpaired) electrons. The predicted octanol–water partition coefficient (Wildman–Crippen LogP) is 3.27. The van der Waals surface area contributed by atoms with Crippen molar-refractivity contribution in [2.45, 2.75) is 6.04 Å². The highest BCUT2D eigenvalue weighted by atomic mass is 79.9. The van der Waals surface area contributed by atoms with Gasteiger partial charge in [-0.2, -0.15) is 0 Å². The van der Waals surface area contributed by atoms with Crippen LogP contribution in [0.1, 0.15) is 11.6 Å². The van der Waals surface area contributed by atoms with Crippen molar-refractivity contribution in [1.29, 1.82) is 0 Å². The number of halogens is 4. The second kappa shape index (κ2) is 8.85. The van der Waals surface area contributed by atoms with Crippen molar-refractivity contribution >= 4 is 40.7 Å². The van der Waals surface area contributed by atoms with Crippen LogP contribution in [-0.4, -0.2) is 36.2 Å². The first-order valence-corrected chi connectivity index (χ1v) is 6.68. The van der Waals surface area contributed by atoms with Crippen molar-refractivity contribution in [1.82, 2.24) is 10.2 Å². The van der Waals surface area contributed by atoms with Crippen molar-refractivity contribution < 1.29 is 9.50 Å². The van der Waals surface area contributed by atoms with Gasteiger partial charge in [-0.05, 0) is 12.1 Å². The molecule has 1 aromatic carbocycles. The van der Waals surface area contributed by atoms with Crippen LogP contribution >= 0.6 is 40.7 Å². The average Bonchev–Trinajstić information content (AvgIpc) is 2.37. The third kappa shape index (κ3) is 4.33. The highest BCUT2D eigenvalue weighted by Gasteiger charge is 2.23. The largest absolute Gasteiger partial charge is 0.505 e. The third-order valence-electron chi connectivity index (χ3n) is 3.14. The lowest BCUT2D eigenvalue weighted by Gasteiger charge is -2.33. The fraction of sp³-hybridized carbons (Fsp3) is 0.385. The number of rotatable bonds is 3. The number of piperazine rings is 1. The highest BCUT2D eigenvalue weighted by molar-refractivity contribution is 9.10. The van der Waals surface area contributed by atoms with Crippen LogP contribution in [0, 0.1) is 5.82 Å². The zero-order chi connectivity index (χ0) is 13.1. The number of hydrogen-bond donors (Lipinski definition) is 2. The van der Waals surface area contributed by atoms with E-state index in [9.17, 15) is 9.50 Å². The summed E-state index contributed by atoms with van der Waals surface area (Å²) in [6.45, 7) is 7.29. The van der Waals surface area contributed by atoms with Crippen LogP contribution in [0.25, 0.3) is 0 Å². The number of benzene rings is 1. The van der Waals surface area contributed by atoms with Crippen molar-refractivity contribution in [3.05, 3.63) is 40.6 Å². The average molecular weight is 388 g/mol. The highest BCUT2D eigenvalue weighted by Crippen LogP contribution is 2.34. The quantitative estimate of drug-likeness (QED) is 0.781. The van der Waals surface area contributed by atoms with E-state index in [0.717, 1.165) is 26.2 Å². The number of nitrogens with zero attached hydrogens (tertiary/aromatic N) is 1. The maximum absolute atomic E-state index is 13.6. The molecule has 1 saturated heterocycles. The minimum Gasteiger partial charge on any atom is -0.505 e. The van der Waals surface area contributed by atoms with Crippen LogP contribution in [0.5, 0.6) is 5.75 Å². The Bertz CT molecular complexity index is 456. The van der Waals surface area contributed by atoms with Gasteiger partial charge in [-0.3, -0.25) is 4.90 Å². The molecule has 20 heavy (non-hydrogen) atoms. The fourth-order valence-corrected chi connectivity index (χ4v) is 2.69. The molecule has 1 aliphatic heterocycles. The molecule has 0 saturated carbocycles. The Morgan fingerprint density at radius 3 is 2.50 bits per heavy atom. The van der Waals surface area contributed by atoms with E-state index in [4.69, 9.17) is 0 Å². The van der Waals surface area contributed by atoms with E-state index in [1.807, 2.05) is 0 Å². The topological polar surface area (TPSA) is 35.5 Å². The SMILES string of the molecule is C=C[C@H](c1cc(Br)cc(F)c1O)N1CCNCC1.Cl.Cl. The second-order valence-corrected chi connectivity index (χ2v) is 5.21. The molecule has 1 fully saturated rings. The Morgan fingerprint density at radius 2 is 1.95 bits per heavy atom. The Balaban J connectivity index is 0.00000180. The van der Waals surface area contributed by atoms with Crippen LogP contribution in [0.15, 0.2) is 29.3 Å². The van der Waals surface area contributed by atoms with Crippen molar-refractivity contribution in [2.24, 2.45) is 0 Å². The van der Waals surface area contributed by atoms with Gasteiger partial charge in [-0.1, -0.05) is 22.0 Å². The molecule has 2 rings (SSSR count). The van der Waals surface area contributed by atoms with Gasteiger partial charge < -0.3 is 10.4 Å². The number of aromatic hydroxyl groups is 1. The molecule has 0 amide bonds. The Labute approximate surface area is 139 Å². The number of nitrogens with one attached hydrogen (secondary N) is 1. The van der Waals surface area contributed by atoms with Crippen LogP contribution in [0.4, 0.5) is 4.39 Å². The molecule has 1 atom stereocenters. The molecule has 114 valence electrons. The number of hydrogen-bond acceptors (Lipinski definition) is 3. The molecule has 2 N–H and O–H groups in total. The maximum atomic E-state index is 13.6. The number of phenolic OH excluding ortho intramolecular Hbond substituents is 1. The lowest BCUT2D eigenvalue weighted by molar-refractivity contribution is 0.200. The zero-order valence-electron chi connectivity index (χ0n) is 10.8. The summed E-state index contributed by atoms with van der Waals surface area (Å²) in [5.74, 6) is -0.900. The summed E-state index contributed by atoms with van der Waals surface area (Å²) in [6, 6.07) is 2.84. The minimum atomic E-state index is -0.610. The van der Waals surface area contributed by atoms with Crippen LogP contribution in [0.3, 0.4) is 0 Å². The first kappa shape index (κ1) is 19.7. The molecule has 3 nitrogen and oxygen atoms in total. The van der Waals surface area contributed by atoms with Gasteiger partial charge in [0.1, 0.15) is 0 Å². The molecular weight excluding hydrogens is 370 g/mol. The summed E-state index contributed by atoms with van der Waals surface area (Å²) < 4.78 is 14.2. The first-order chi connectivity index (χ1) is 8.63. The monoisotopic (exact) mass is 386 g/mol. The Hall–Kier alpha value is -0.330. The molecule has 1 heterocycles. The summed E-state index contributed by atoms with van der Waals surface area (Å²) in [5.41, 5.74) is 0.554. The van der Waals surface area contributed by atoms with E-state index >= 15 is 0 Å². The number of phenols is 1. The smallest absolute Gasteiger partial charge is 0.166 e. The molecular formula is C13H18BrCl2FN2O. The fourth-order valence-electron chi connectivity index (χ4n) is 2.24. The molecule has 0 bridgehead atoms. The lowest BCUT2D eigenvalue weighted by atomic mass is 10.0. The summed E-state index contributed by atoms with van der Waals surface area (Å²) in [5, 5.41) is 13.1. The van der Waals surface area contributed by atoms with Crippen molar-refractivity contribution in [2.75, 3.05) is 26.2 Å². The standard InChI is InChI=1S/C13H16BrFN2O.2ClH/c1-2-12(17-5-3-16-4-6-17)10-7-9(14)8-11(15)13(10)18;;/h2,7-8,12,16,18H,1,3-6H2;2*1H/t12-;;/m1../s1. The maximum Gasteiger partial charge on any atom is 0.166 e. The molecule has 0 aliphatic carbocycles. The molecule has 1 aromatic rings. The Morgan fingerprint density at radius 1 is 1.35 bits per heavy atom. The van der Waals surface area contributed by atoms with Gasteiger partial charge in [-0.15, -0.1) is 31.4 Å². The van der Waals surface area contributed by atoms with Gasteiger partial charge in [0, 0.05) is 36.2 Å². The van der Waals surface area contributed by atoms with Gasteiger partial charge in [0.05, 0.1) is 6.04 Å². The molecule has 0 aromatic heterocycles. The lowest BCUT2D eigenvalue weighted by Crippen LogP contribution is -2.44. The molecule has 1 aliphatic rings. The van der Waals surface area contributed by atoms with E-state index in [2.05, 4.69) is 32.7 Å². The first-order valence-electron chi connectivity index (χ1n) is 5.88. The third-order valence-corrected chi connectivity index (χ3v) is 3.60. The van der Waals surface area contributed by atoms with E-state index in [-0.39, 0.29) is 36.6 Å². The predicted molar refractivity (Wildman–Crippen MR) is 87.6 cm³/mol. The van der Waals surface area contributed by atoms with Gasteiger partial charge >= 0.3 is 0 Å². The van der Waals surface area contributed by atoms with E-state index in [0.29, 0.717) is 10.0 Å². The van der Waals surface area contributed by atoms with Crippen LogP contribution in [-0.2, 0) is 0 Å². The summed E-state index contributed by atoms with van der Waals surface area (Å²) in [4.78, 5) is 2.17. The van der Waals surface area contributed by atoms with Crippen molar-refractivity contribution in [3.63, 3.8) is 0 Å². The second-order valence-electron chi connectivity index (χ2n) is 4.29. The van der Waals surface area contributed by atoms with E-state index in [1.54, 1.807) is 12.1 Å². The summed E-state index contributed by atoms with van der Waals surface area (Å²) in [6.07, 6.45) is 1.74. The van der Waals surface area contributed by atoms with E-state index in [1.165, 1.54) is 6.07 Å². The molecule has 0 spiro atoms. The van der Waals surface area contributed by atoms with Crippen LogP contribution in [0.2, 0.25) is 0 Å². The zero-order valence-corrected chi connectivity index (χ0v) is 14.0. The van der Waals surface area contributed by atoms with Gasteiger partial charge in [0.25, 0.3) is 0 Å². The Kier molecular flexibility index (Phi) is 8.70. The summed E-state index contributed by atoms with van der Waals surface area (Å²) in [7, 11) is 0. The summed E-state index contributed by atoms with van der Waals surface area (Å²) >= 11 is 3.25. The minimum absolute atomic E-state index is 0. The van der Waals surface area contributed by atoms with Crippen molar-refractivity contribution in [3.8, 4) is 5.75 Å². The molecule has 0 unspecified atom stereocenters.